The molecule has 0 aromatic heterocycles. The number of benzene rings is 3. The van der Waals surface area contributed by atoms with Crippen molar-refractivity contribution in [3.63, 3.8) is 0 Å². The molecule has 0 aliphatic heterocycles. The molecule has 31 heavy (non-hydrogen) atoms. The van der Waals surface area contributed by atoms with Gasteiger partial charge < -0.3 is 10.1 Å². The Hall–Kier alpha value is -3.18. The molecule has 3 rings (SSSR count). The number of hydrogen-bond acceptors (Lipinski definition) is 4. The number of nitro benzene ring substituents is 1. The molecule has 0 spiro atoms. The summed E-state index contributed by atoms with van der Waals surface area (Å²) in [5, 5.41) is 15.0. The lowest BCUT2D eigenvalue weighted by atomic mass is 10.0. The molecule has 3 aromatic carbocycles. The van der Waals surface area contributed by atoms with Crippen LogP contribution in [0.15, 0.2) is 72.8 Å². The number of ether oxygens (including phenoxy) is 1. The normalized spacial score (nSPS) is 10.7. The zero-order valence-electron chi connectivity index (χ0n) is 18.0. The van der Waals surface area contributed by atoms with Crippen LogP contribution in [0, 0.1) is 10.1 Å². The second kappa shape index (κ2) is 11.9. The molecule has 0 aliphatic carbocycles. The van der Waals surface area contributed by atoms with Crippen LogP contribution in [0.3, 0.4) is 0 Å². The molecule has 3 aromatic rings. The summed E-state index contributed by atoms with van der Waals surface area (Å²) in [6, 6.07) is 23.5. The van der Waals surface area contributed by atoms with Crippen molar-refractivity contribution in [2.24, 2.45) is 0 Å². The van der Waals surface area contributed by atoms with Gasteiger partial charge in [-0.05, 0) is 60.7 Å². The molecule has 0 radical (unpaired) electrons. The Balaban J connectivity index is 1.50. The first-order chi connectivity index (χ1) is 15.2. The monoisotopic (exact) mass is 418 g/mol. The quantitative estimate of drug-likeness (QED) is 0.240. The standard InChI is InChI=1S/C26H30N2O3/c1-2-8-23-11-6-7-12-24(23)16-18-27-17-15-21-13-14-26(25(19-21)28(29)30)31-20-22-9-4-3-5-10-22/h3-7,9-14,19,27H,2,8,15-18,20H2,1H3. The van der Waals surface area contributed by atoms with E-state index in [0.29, 0.717) is 12.4 Å². The summed E-state index contributed by atoms with van der Waals surface area (Å²) in [7, 11) is 0. The molecule has 5 heteroatoms. The third-order valence-corrected chi connectivity index (χ3v) is 5.26. The van der Waals surface area contributed by atoms with Gasteiger partial charge in [-0.2, -0.15) is 0 Å². The summed E-state index contributed by atoms with van der Waals surface area (Å²) in [5.74, 6) is 0.304. The first-order valence-electron chi connectivity index (χ1n) is 10.9. The number of rotatable bonds is 12. The van der Waals surface area contributed by atoms with Gasteiger partial charge in [-0.1, -0.05) is 74.0 Å². The van der Waals surface area contributed by atoms with E-state index in [2.05, 4.69) is 36.5 Å². The Morgan fingerprint density at radius 1 is 0.839 bits per heavy atom. The fourth-order valence-corrected chi connectivity index (χ4v) is 3.61. The second-order valence-corrected chi connectivity index (χ2v) is 7.60. The lowest BCUT2D eigenvalue weighted by Crippen LogP contribution is -2.20. The summed E-state index contributed by atoms with van der Waals surface area (Å²) in [4.78, 5) is 11.1. The molecule has 0 amide bonds. The Bertz CT molecular complexity index is 973. The highest BCUT2D eigenvalue weighted by Gasteiger charge is 2.16. The maximum atomic E-state index is 11.5. The summed E-state index contributed by atoms with van der Waals surface area (Å²) in [6.07, 6.45) is 3.98. The highest BCUT2D eigenvalue weighted by atomic mass is 16.6. The summed E-state index contributed by atoms with van der Waals surface area (Å²) in [5.41, 5.74) is 4.74. The van der Waals surface area contributed by atoms with E-state index < -0.39 is 0 Å². The molecule has 0 atom stereocenters. The minimum absolute atomic E-state index is 0.0157. The van der Waals surface area contributed by atoms with Crippen LogP contribution in [-0.4, -0.2) is 18.0 Å². The van der Waals surface area contributed by atoms with Crippen molar-refractivity contribution in [2.45, 2.75) is 39.2 Å². The third kappa shape index (κ3) is 6.93. The van der Waals surface area contributed by atoms with Crippen LogP contribution in [0.2, 0.25) is 0 Å². The zero-order chi connectivity index (χ0) is 21.9. The van der Waals surface area contributed by atoms with Crippen LogP contribution in [0.25, 0.3) is 0 Å². The fourth-order valence-electron chi connectivity index (χ4n) is 3.61. The van der Waals surface area contributed by atoms with Crippen LogP contribution in [0.5, 0.6) is 5.75 Å². The van der Waals surface area contributed by atoms with Crippen molar-refractivity contribution in [3.8, 4) is 5.75 Å². The topological polar surface area (TPSA) is 64.4 Å². The Kier molecular flexibility index (Phi) is 8.61. The molecule has 1 N–H and O–H groups in total. The lowest BCUT2D eigenvalue weighted by Gasteiger charge is -2.10. The molecular weight excluding hydrogens is 388 g/mol. The molecule has 0 unspecified atom stereocenters. The second-order valence-electron chi connectivity index (χ2n) is 7.60. The van der Waals surface area contributed by atoms with Gasteiger partial charge in [0, 0.05) is 6.07 Å². The van der Waals surface area contributed by atoms with E-state index in [4.69, 9.17) is 4.74 Å². The van der Waals surface area contributed by atoms with Gasteiger partial charge in [-0.15, -0.1) is 0 Å². The Morgan fingerprint density at radius 3 is 2.23 bits per heavy atom. The van der Waals surface area contributed by atoms with E-state index >= 15 is 0 Å². The molecule has 0 aliphatic rings. The molecule has 0 heterocycles. The molecule has 162 valence electrons. The largest absolute Gasteiger partial charge is 0.482 e. The highest BCUT2D eigenvalue weighted by Crippen LogP contribution is 2.29. The maximum absolute atomic E-state index is 11.5. The van der Waals surface area contributed by atoms with E-state index in [9.17, 15) is 10.1 Å². The minimum atomic E-state index is -0.373. The molecule has 0 saturated carbocycles. The van der Waals surface area contributed by atoms with Gasteiger partial charge in [0.1, 0.15) is 6.61 Å². The van der Waals surface area contributed by atoms with E-state index in [-0.39, 0.29) is 10.6 Å². The molecule has 0 bridgehead atoms. The maximum Gasteiger partial charge on any atom is 0.311 e. The average Bonchev–Trinajstić information content (AvgIpc) is 2.79. The van der Waals surface area contributed by atoms with Gasteiger partial charge in [0.2, 0.25) is 0 Å². The SMILES string of the molecule is CCCc1ccccc1CCNCCc1ccc(OCc2ccccc2)c([N+](=O)[O-])c1. The number of nitrogens with one attached hydrogen (secondary N) is 1. The average molecular weight is 419 g/mol. The van der Waals surface area contributed by atoms with Crippen LogP contribution in [-0.2, 0) is 25.9 Å². The van der Waals surface area contributed by atoms with E-state index in [1.807, 2.05) is 36.4 Å². The lowest BCUT2D eigenvalue weighted by molar-refractivity contribution is -0.386. The number of aryl methyl sites for hydroxylation is 1. The van der Waals surface area contributed by atoms with Crippen LogP contribution < -0.4 is 10.1 Å². The number of nitro groups is 1. The van der Waals surface area contributed by atoms with Gasteiger partial charge >= 0.3 is 5.69 Å². The van der Waals surface area contributed by atoms with Crippen molar-refractivity contribution in [1.82, 2.24) is 5.32 Å². The van der Waals surface area contributed by atoms with Crippen molar-refractivity contribution in [1.29, 1.82) is 0 Å². The summed E-state index contributed by atoms with van der Waals surface area (Å²) >= 11 is 0. The fraction of sp³-hybridized carbons (Fsp3) is 0.308. The summed E-state index contributed by atoms with van der Waals surface area (Å²) < 4.78 is 5.71. The highest BCUT2D eigenvalue weighted by molar-refractivity contribution is 5.49. The van der Waals surface area contributed by atoms with E-state index in [1.165, 1.54) is 11.1 Å². The molecule has 5 nitrogen and oxygen atoms in total. The third-order valence-electron chi connectivity index (χ3n) is 5.26. The molecule has 0 saturated heterocycles. The zero-order valence-corrected chi connectivity index (χ0v) is 18.0. The van der Waals surface area contributed by atoms with E-state index in [0.717, 1.165) is 49.9 Å². The van der Waals surface area contributed by atoms with E-state index in [1.54, 1.807) is 12.1 Å². The van der Waals surface area contributed by atoms with Gasteiger partial charge in [-0.25, -0.2) is 0 Å². The predicted octanol–water partition coefficient (Wildman–Crippen LogP) is 5.50. The minimum Gasteiger partial charge on any atom is -0.482 e. The first kappa shape index (κ1) is 22.5. The smallest absolute Gasteiger partial charge is 0.311 e. The predicted molar refractivity (Wildman–Crippen MR) is 125 cm³/mol. The van der Waals surface area contributed by atoms with Crippen molar-refractivity contribution >= 4 is 5.69 Å². The van der Waals surface area contributed by atoms with Crippen LogP contribution >= 0.6 is 0 Å². The van der Waals surface area contributed by atoms with Crippen LogP contribution in [0.4, 0.5) is 5.69 Å². The Labute approximate surface area is 184 Å². The number of nitrogens with zero attached hydrogens (tertiary/aromatic N) is 1. The van der Waals surface area contributed by atoms with Gasteiger partial charge in [-0.3, -0.25) is 10.1 Å². The molecule has 0 fully saturated rings. The van der Waals surface area contributed by atoms with Crippen molar-refractivity contribution in [2.75, 3.05) is 13.1 Å². The Morgan fingerprint density at radius 2 is 1.52 bits per heavy atom. The number of hydrogen-bond donors (Lipinski definition) is 1. The van der Waals surface area contributed by atoms with Crippen LogP contribution in [0.1, 0.15) is 35.6 Å². The summed E-state index contributed by atoms with van der Waals surface area (Å²) in [6.45, 7) is 4.17. The van der Waals surface area contributed by atoms with Crippen molar-refractivity contribution < 1.29 is 9.66 Å². The first-order valence-corrected chi connectivity index (χ1v) is 10.9. The van der Waals surface area contributed by atoms with Crippen molar-refractivity contribution in [3.05, 3.63) is 105 Å². The van der Waals surface area contributed by atoms with Gasteiger partial charge in [0.05, 0.1) is 4.92 Å². The molecular formula is C26H30N2O3. The van der Waals surface area contributed by atoms with Gasteiger partial charge in [0.25, 0.3) is 0 Å². The van der Waals surface area contributed by atoms with Gasteiger partial charge in [0.15, 0.2) is 5.75 Å².